The van der Waals surface area contributed by atoms with Crippen LogP contribution in [0.1, 0.15) is 31.2 Å². The third-order valence-corrected chi connectivity index (χ3v) is 3.08. The van der Waals surface area contributed by atoms with Gasteiger partial charge in [-0.1, -0.05) is 25.0 Å². The molecule has 0 aromatic heterocycles. The first-order valence-corrected chi connectivity index (χ1v) is 6.80. The molecule has 0 amide bonds. The largest absolute Gasteiger partial charge is 0.320 e. The molecule has 0 radical (unpaired) electrons. The quantitative estimate of drug-likeness (QED) is 0.680. The van der Waals surface area contributed by atoms with Gasteiger partial charge in [-0.25, -0.2) is 4.39 Å². The molecule has 1 aromatic carbocycles. The summed E-state index contributed by atoms with van der Waals surface area (Å²) in [5, 5.41) is 3.16. The summed E-state index contributed by atoms with van der Waals surface area (Å²) in [6, 6.07) is 6.78. The zero-order chi connectivity index (χ0) is 13.2. The van der Waals surface area contributed by atoms with Crippen LogP contribution < -0.4 is 5.32 Å². The summed E-state index contributed by atoms with van der Waals surface area (Å²) in [6.45, 7) is 3.12. The molecule has 0 heterocycles. The molecule has 0 fully saturated rings. The van der Waals surface area contributed by atoms with E-state index < -0.39 is 0 Å². The Morgan fingerprint density at radius 2 is 1.72 bits per heavy atom. The predicted octanol–water partition coefficient (Wildman–Crippen LogP) is 3.04. The highest BCUT2D eigenvalue weighted by molar-refractivity contribution is 5.15. The Bertz CT molecular complexity index is 311. The molecule has 1 N–H and O–H groups in total. The summed E-state index contributed by atoms with van der Waals surface area (Å²) in [7, 11) is 4.12. The van der Waals surface area contributed by atoms with Crippen LogP contribution in [0.5, 0.6) is 0 Å². The van der Waals surface area contributed by atoms with Crippen LogP contribution in [0.4, 0.5) is 4.39 Å². The molecular weight excluding hydrogens is 227 g/mol. The Labute approximate surface area is 110 Å². The van der Waals surface area contributed by atoms with Gasteiger partial charge in [0.1, 0.15) is 5.82 Å². The first-order chi connectivity index (χ1) is 8.72. The van der Waals surface area contributed by atoms with Gasteiger partial charge in [0, 0.05) is 6.54 Å². The maximum Gasteiger partial charge on any atom is 0.123 e. The second-order valence-electron chi connectivity index (χ2n) is 4.88. The molecule has 0 unspecified atom stereocenters. The van der Waals surface area contributed by atoms with Crippen LogP contribution in [0.25, 0.3) is 0 Å². The molecule has 0 aliphatic carbocycles. The number of benzene rings is 1. The fourth-order valence-electron chi connectivity index (χ4n) is 2.02. The number of nitrogens with one attached hydrogen (secondary N) is 1. The van der Waals surface area contributed by atoms with E-state index in [1.165, 1.54) is 43.4 Å². The number of hydrogen-bond acceptors (Lipinski definition) is 2. The maximum atomic E-state index is 12.8. The van der Waals surface area contributed by atoms with E-state index in [0.717, 1.165) is 19.6 Å². The standard InChI is InChI=1S/C15H25FN2/c1-17-11-5-3-4-6-12-18(2)13-14-7-9-15(16)10-8-14/h7-10,17H,3-6,11-13H2,1-2H3. The van der Waals surface area contributed by atoms with E-state index >= 15 is 0 Å². The van der Waals surface area contributed by atoms with Crippen LogP contribution in [0.3, 0.4) is 0 Å². The second-order valence-corrected chi connectivity index (χ2v) is 4.88. The number of nitrogens with zero attached hydrogens (tertiary/aromatic N) is 1. The third-order valence-electron chi connectivity index (χ3n) is 3.08. The lowest BCUT2D eigenvalue weighted by molar-refractivity contribution is 0.316. The van der Waals surface area contributed by atoms with E-state index in [1.54, 1.807) is 0 Å². The fraction of sp³-hybridized carbons (Fsp3) is 0.600. The monoisotopic (exact) mass is 252 g/mol. The molecule has 0 aliphatic rings. The van der Waals surface area contributed by atoms with Crippen LogP contribution in [0.2, 0.25) is 0 Å². The van der Waals surface area contributed by atoms with Crippen molar-refractivity contribution in [2.24, 2.45) is 0 Å². The summed E-state index contributed by atoms with van der Waals surface area (Å²) in [4.78, 5) is 2.30. The van der Waals surface area contributed by atoms with Crippen molar-refractivity contribution in [1.29, 1.82) is 0 Å². The molecule has 0 spiro atoms. The van der Waals surface area contributed by atoms with Crippen molar-refractivity contribution < 1.29 is 4.39 Å². The highest BCUT2D eigenvalue weighted by Crippen LogP contribution is 2.07. The summed E-state index contributed by atoms with van der Waals surface area (Å²) < 4.78 is 12.8. The number of unbranched alkanes of at least 4 members (excludes halogenated alkanes) is 3. The van der Waals surface area contributed by atoms with Crippen LogP contribution in [-0.4, -0.2) is 32.1 Å². The minimum atomic E-state index is -0.161. The zero-order valence-electron chi connectivity index (χ0n) is 11.6. The van der Waals surface area contributed by atoms with E-state index in [1.807, 2.05) is 19.2 Å². The molecule has 2 nitrogen and oxygen atoms in total. The Hall–Kier alpha value is -0.930. The Morgan fingerprint density at radius 3 is 2.39 bits per heavy atom. The lowest BCUT2D eigenvalue weighted by Gasteiger charge is -2.16. The number of halogens is 1. The molecule has 3 heteroatoms. The minimum Gasteiger partial charge on any atom is -0.320 e. The van der Waals surface area contributed by atoms with Gasteiger partial charge in [-0.2, -0.15) is 0 Å². The van der Waals surface area contributed by atoms with Crippen molar-refractivity contribution in [3.63, 3.8) is 0 Å². The fourth-order valence-corrected chi connectivity index (χ4v) is 2.02. The molecule has 0 saturated heterocycles. The van der Waals surface area contributed by atoms with Crippen molar-refractivity contribution in [3.05, 3.63) is 35.6 Å². The molecule has 18 heavy (non-hydrogen) atoms. The minimum absolute atomic E-state index is 0.161. The average molecular weight is 252 g/mol. The molecule has 1 aromatic rings. The molecule has 1 rings (SSSR count). The van der Waals surface area contributed by atoms with E-state index in [4.69, 9.17) is 0 Å². The smallest absolute Gasteiger partial charge is 0.123 e. The van der Waals surface area contributed by atoms with Gasteiger partial charge >= 0.3 is 0 Å². The van der Waals surface area contributed by atoms with Gasteiger partial charge in [-0.3, -0.25) is 0 Å². The summed E-state index contributed by atoms with van der Waals surface area (Å²) in [5.74, 6) is -0.161. The number of rotatable bonds is 9. The third kappa shape index (κ3) is 6.72. The Kier molecular flexibility index (Phi) is 7.62. The molecule has 0 aliphatic heterocycles. The topological polar surface area (TPSA) is 15.3 Å². The van der Waals surface area contributed by atoms with Crippen molar-refractivity contribution in [2.45, 2.75) is 32.2 Å². The Balaban J connectivity index is 2.10. The first kappa shape index (κ1) is 15.1. The van der Waals surface area contributed by atoms with Gasteiger partial charge in [0.2, 0.25) is 0 Å². The van der Waals surface area contributed by atoms with Gasteiger partial charge in [-0.05, 0) is 57.7 Å². The molecule has 0 atom stereocenters. The van der Waals surface area contributed by atoms with Crippen LogP contribution in [0, 0.1) is 5.82 Å². The first-order valence-electron chi connectivity index (χ1n) is 6.80. The SMILES string of the molecule is CNCCCCCCN(C)Cc1ccc(F)cc1. The van der Waals surface area contributed by atoms with Gasteiger partial charge < -0.3 is 10.2 Å². The highest BCUT2D eigenvalue weighted by Gasteiger charge is 2.00. The van der Waals surface area contributed by atoms with E-state index in [2.05, 4.69) is 17.3 Å². The average Bonchev–Trinajstić information content (AvgIpc) is 2.36. The lowest BCUT2D eigenvalue weighted by atomic mass is 10.1. The van der Waals surface area contributed by atoms with Gasteiger partial charge in [0.05, 0.1) is 0 Å². The van der Waals surface area contributed by atoms with Gasteiger partial charge in [-0.15, -0.1) is 0 Å². The molecule has 0 saturated carbocycles. The van der Waals surface area contributed by atoms with Crippen molar-refractivity contribution in [2.75, 3.05) is 27.2 Å². The van der Waals surface area contributed by atoms with Crippen molar-refractivity contribution in [3.8, 4) is 0 Å². The normalized spacial score (nSPS) is 11.1. The summed E-state index contributed by atoms with van der Waals surface area (Å²) in [5.41, 5.74) is 1.18. The van der Waals surface area contributed by atoms with E-state index in [9.17, 15) is 4.39 Å². The van der Waals surface area contributed by atoms with Crippen LogP contribution >= 0.6 is 0 Å². The van der Waals surface area contributed by atoms with E-state index in [-0.39, 0.29) is 5.82 Å². The van der Waals surface area contributed by atoms with Crippen molar-refractivity contribution >= 4 is 0 Å². The summed E-state index contributed by atoms with van der Waals surface area (Å²) >= 11 is 0. The Morgan fingerprint density at radius 1 is 1.06 bits per heavy atom. The molecular formula is C15H25FN2. The van der Waals surface area contributed by atoms with E-state index in [0.29, 0.717) is 0 Å². The van der Waals surface area contributed by atoms with Gasteiger partial charge in [0.25, 0.3) is 0 Å². The zero-order valence-corrected chi connectivity index (χ0v) is 11.6. The van der Waals surface area contributed by atoms with Gasteiger partial charge in [0.15, 0.2) is 0 Å². The van der Waals surface area contributed by atoms with Crippen molar-refractivity contribution in [1.82, 2.24) is 10.2 Å². The molecule has 0 bridgehead atoms. The maximum absolute atomic E-state index is 12.8. The highest BCUT2D eigenvalue weighted by atomic mass is 19.1. The van der Waals surface area contributed by atoms with Crippen LogP contribution in [-0.2, 0) is 6.54 Å². The predicted molar refractivity (Wildman–Crippen MR) is 75.1 cm³/mol. The van der Waals surface area contributed by atoms with Crippen LogP contribution in [0.15, 0.2) is 24.3 Å². The second kappa shape index (κ2) is 9.06. The summed E-state index contributed by atoms with van der Waals surface area (Å²) in [6.07, 6.45) is 5.08. The molecule has 102 valence electrons. The number of hydrogen-bond donors (Lipinski definition) is 1. The lowest BCUT2D eigenvalue weighted by Crippen LogP contribution is -2.19.